The summed E-state index contributed by atoms with van der Waals surface area (Å²) in [7, 11) is -4.42. The minimum atomic E-state index is -4.83. The van der Waals surface area contributed by atoms with Gasteiger partial charge in [0.1, 0.15) is 6.54 Å². The van der Waals surface area contributed by atoms with Crippen LogP contribution in [0, 0.1) is 13.8 Å². The number of halogens is 5. The summed E-state index contributed by atoms with van der Waals surface area (Å²) < 4.78 is 67.8. The molecule has 180 valence electrons. The van der Waals surface area contributed by atoms with Crippen LogP contribution in [-0.4, -0.2) is 20.9 Å². The standard InChI is InChI=1S/C23H19Cl2F3N2O3S/c1-14-3-8-18(9-4-14)34(32,33)30(17-7-10-20(25)19(12-17)23(26,27)28)13-22(31)29-21-11-16(24)6-5-15(21)2/h3-12H,13H2,1-2H3,(H,29,31). The van der Waals surface area contributed by atoms with Gasteiger partial charge in [0.25, 0.3) is 10.0 Å². The van der Waals surface area contributed by atoms with E-state index in [4.69, 9.17) is 23.2 Å². The highest BCUT2D eigenvalue weighted by Gasteiger charge is 2.35. The molecule has 0 heterocycles. The normalized spacial score (nSPS) is 11.9. The summed E-state index contributed by atoms with van der Waals surface area (Å²) in [6.45, 7) is 2.67. The van der Waals surface area contributed by atoms with Crippen LogP contribution in [0.25, 0.3) is 0 Å². The van der Waals surface area contributed by atoms with Crippen LogP contribution in [0.5, 0.6) is 0 Å². The Balaban J connectivity index is 2.06. The van der Waals surface area contributed by atoms with Gasteiger partial charge in [-0.1, -0.05) is 47.0 Å². The molecule has 0 saturated heterocycles. The number of rotatable bonds is 6. The van der Waals surface area contributed by atoms with Crippen LogP contribution >= 0.6 is 23.2 Å². The van der Waals surface area contributed by atoms with E-state index in [0.29, 0.717) is 26.6 Å². The topological polar surface area (TPSA) is 66.5 Å². The average Bonchev–Trinajstić information content (AvgIpc) is 2.74. The molecule has 1 amide bonds. The number of carbonyl (C=O) groups excluding carboxylic acids is 1. The van der Waals surface area contributed by atoms with Crippen LogP contribution in [0.3, 0.4) is 0 Å². The molecule has 0 saturated carbocycles. The Labute approximate surface area is 205 Å². The Morgan fingerprint density at radius 3 is 2.24 bits per heavy atom. The molecule has 0 fully saturated rings. The van der Waals surface area contributed by atoms with Crippen molar-refractivity contribution in [3.63, 3.8) is 0 Å². The molecule has 0 atom stereocenters. The molecule has 0 radical (unpaired) electrons. The molecule has 0 aliphatic heterocycles. The summed E-state index contributed by atoms with van der Waals surface area (Å²) in [6, 6.07) is 13.1. The Morgan fingerprint density at radius 2 is 1.62 bits per heavy atom. The minimum absolute atomic E-state index is 0.187. The van der Waals surface area contributed by atoms with Gasteiger partial charge in [-0.2, -0.15) is 13.2 Å². The first-order valence-corrected chi connectivity index (χ1v) is 12.0. The first-order valence-electron chi connectivity index (χ1n) is 9.81. The smallest absolute Gasteiger partial charge is 0.324 e. The molecular weight excluding hydrogens is 512 g/mol. The SMILES string of the molecule is Cc1ccc(S(=O)(=O)N(CC(=O)Nc2cc(Cl)ccc2C)c2ccc(Cl)c(C(F)(F)F)c2)cc1. The molecule has 0 unspecified atom stereocenters. The van der Waals surface area contributed by atoms with Gasteiger partial charge in [-0.25, -0.2) is 8.42 Å². The maximum Gasteiger partial charge on any atom is 0.417 e. The summed E-state index contributed by atoms with van der Waals surface area (Å²) in [5.74, 6) is -0.774. The average molecular weight is 531 g/mol. The highest BCUT2D eigenvalue weighted by atomic mass is 35.5. The van der Waals surface area contributed by atoms with Crippen molar-refractivity contribution in [1.29, 1.82) is 0 Å². The van der Waals surface area contributed by atoms with Crippen molar-refractivity contribution in [2.45, 2.75) is 24.9 Å². The van der Waals surface area contributed by atoms with Gasteiger partial charge < -0.3 is 5.32 Å². The summed E-state index contributed by atoms with van der Waals surface area (Å²) in [5.41, 5.74) is 0.205. The molecule has 0 aromatic heterocycles. The predicted molar refractivity (Wildman–Crippen MR) is 127 cm³/mol. The van der Waals surface area contributed by atoms with Gasteiger partial charge in [0, 0.05) is 10.7 Å². The molecule has 0 bridgehead atoms. The minimum Gasteiger partial charge on any atom is -0.324 e. The second-order valence-corrected chi connectivity index (χ2v) is 10.2. The van der Waals surface area contributed by atoms with Crippen molar-refractivity contribution in [2.75, 3.05) is 16.2 Å². The quantitative estimate of drug-likeness (QED) is 0.397. The first-order chi connectivity index (χ1) is 15.8. The van der Waals surface area contributed by atoms with Crippen LogP contribution in [0.4, 0.5) is 24.5 Å². The molecule has 3 aromatic rings. The fourth-order valence-corrected chi connectivity index (χ4v) is 4.90. The van der Waals surface area contributed by atoms with Crippen LogP contribution < -0.4 is 9.62 Å². The maximum absolute atomic E-state index is 13.4. The number of carbonyl (C=O) groups is 1. The molecular formula is C23H19Cl2F3N2O3S. The van der Waals surface area contributed by atoms with Crippen LogP contribution in [0.15, 0.2) is 65.6 Å². The van der Waals surface area contributed by atoms with Crippen LogP contribution in [0.1, 0.15) is 16.7 Å². The molecule has 3 aromatic carbocycles. The Morgan fingerprint density at radius 1 is 0.971 bits per heavy atom. The number of alkyl halides is 3. The second kappa shape index (κ2) is 9.85. The van der Waals surface area contributed by atoms with Gasteiger partial charge in [-0.05, 0) is 61.9 Å². The lowest BCUT2D eigenvalue weighted by molar-refractivity contribution is -0.137. The van der Waals surface area contributed by atoms with E-state index in [2.05, 4.69) is 5.32 Å². The summed E-state index contributed by atoms with van der Waals surface area (Å²) in [5, 5.41) is 2.31. The summed E-state index contributed by atoms with van der Waals surface area (Å²) in [4.78, 5) is 12.6. The zero-order chi connectivity index (χ0) is 25.3. The van der Waals surface area contributed by atoms with Crippen molar-refractivity contribution >= 4 is 50.5 Å². The van der Waals surface area contributed by atoms with Gasteiger partial charge in [-0.3, -0.25) is 9.10 Å². The van der Waals surface area contributed by atoms with E-state index in [1.807, 2.05) is 0 Å². The highest BCUT2D eigenvalue weighted by molar-refractivity contribution is 7.92. The van der Waals surface area contributed by atoms with E-state index in [1.54, 1.807) is 38.1 Å². The van der Waals surface area contributed by atoms with Gasteiger partial charge in [0.15, 0.2) is 0 Å². The lowest BCUT2D eigenvalue weighted by Crippen LogP contribution is -2.38. The van der Waals surface area contributed by atoms with Gasteiger partial charge in [-0.15, -0.1) is 0 Å². The lowest BCUT2D eigenvalue weighted by atomic mass is 10.2. The predicted octanol–water partition coefficient (Wildman–Crippen LogP) is 6.46. The molecule has 3 rings (SSSR count). The van der Waals surface area contributed by atoms with Crippen molar-refractivity contribution in [1.82, 2.24) is 0 Å². The molecule has 1 N–H and O–H groups in total. The monoisotopic (exact) mass is 530 g/mol. The third-order valence-electron chi connectivity index (χ3n) is 4.91. The Bertz CT molecular complexity index is 1330. The maximum atomic E-state index is 13.4. The Hall–Kier alpha value is -2.75. The lowest BCUT2D eigenvalue weighted by Gasteiger charge is -2.25. The van der Waals surface area contributed by atoms with E-state index >= 15 is 0 Å². The number of sulfonamides is 1. The highest BCUT2D eigenvalue weighted by Crippen LogP contribution is 2.38. The fourth-order valence-electron chi connectivity index (χ4n) is 3.09. The number of nitrogens with zero attached hydrogens (tertiary/aromatic N) is 1. The first kappa shape index (κ1) is 25.9. The van der Waals surface area contributed by atoms with Crippen molar-refractivity contribution in [2.24, 2.45) is 0 Å². The molecule has 11 heteroatoms. The molecule has 34 heavy (non-hydrogen) atoms. The third kappa shape index (κ3) is 5.84. The third-order valence-corrected chi connectivity index (χ3v) is 7.27. The van der Waals surface area contributed by atoms with E-state index in [9.17, 15) is 26.4 Å². The van der Waals surface area contributed by atoms with Crippen molar-refractivity contribution < 1.29 is 26.4 Å². The van der Waals surface area contributed by atoms with Crippen molar-refractivity contribution in [3.8, 4) is 0 Å². The molecule has 0 aliphatic carbocycles. The molecule has 5 nitrogen and oxygen atoms in total. The number of aryl methyl sites for hydroxylation is 2. The van der Waals surface area contributed by atoms with Gasteiger partial charge in [0.2, 0.25) is 5.91 Å². The van der Waals surface area contributed by atoms with Gasteiger partial charge in [0.05, 0.1) is 21.2 Å². The zero-order valence-corrected chi connectivity index (χ0v) is 20.3. The number of anilines is 2. The Kier molecular flexibility index (Phi) is 7.50. The van der Waals surface area contributed by atoms with E-state index in [-0.39, 0.29) is 10.6 Å². The number of hydrogen-bond acceptors (Lipinski definition) is 3. The molecule has 0 spiro atoms. The summed E-state index contributed by atoms with van der Waals surface area (Å²) >= 11 is 11.7. The number of amides is 1. The number of benzene rings is 3. The van der Waals surface area contributed by atoms with Crippen LogP contribution in [-0.2, 0) is 21.0 Å². The fraction of sp³-hybridized carbons (Fsp3) is 0.174. The largest absolute Gasteiger partial charge is 0.417 e. The van der Waals surface area contributed by atoms with E-state index < -0.39 is 39.2 Å². The summed E-state index contributed by atoms with van der Waals surface area (Å²) in [6.07, 6.45) is -4.83. The molecule has 0 aliphatic rings. The van der Waals surface area contributed by atoms with Gasteiger partial charge >= 0.3 is 6.18 Å². The zero-order valence-electron chi connectivity index (χ0n) is 18.0. The van der Waals surface area contributed by atoms with Crippen molar-refractivity contribution in [3.05, 3.63) is 87.4 Å². The van der Waals surface area contributed by atoms with E-state index in [1.165, 1.54) is 18.2 Å². The number of nitrogens with one attached hydrogen (secondary N) is 1. The number of hydrogen-bond donors (Lipinski definition) is 1. The van der Waals surface area contributed by atoms with Crippen LogP contribution in [0.2, 0.25) is 10.0 Å². The van der Waals surface area contributed by atoms with E-state index in [0.717, 1.165) is 17.7 Å². The second-order valence-electron chi connectivity index (χ2n) is 7.49.